The summed E-state index contributed by atoms with van der Waals surface area (Å²) in [6.45, 7) is 4.97. The fourth-order valence-corrected chi connectivity index (χ4v) is 6.77. The molecule has 0 radical (unpaired) electrons. The van der Waals surface area contributed by atoms with Crippen molar-refractivity contribution in [3.05, 3.63) is 95.3 Å². The van der Waals surface area contributed by atoms with E-state index in [2.05, 4.69) is 80.9 Å². The molecule has 0 saturated carbocycles. The summed E-state index contributed by atoms with van der Waals surface area (Å²) in [6.07, 6.45) is 5.59. The molecule has 38 heavy (non-hydrogen) atoms. The van der Waals surface area contributed by atoms with Gasteiger partial charge in [0.05, 0.1) is 17.8 Å². The van der Waals surface area contributed by atoms with Gasteiger partial charge in [0.25, 0.3) is 0 Å². The number of aromatic nitrogens is 3. The Morgan fingerprint density at radius 1 is 0.868 bits per heavy atom. The van der Waals surface area contributed by atoms with Gasteiger partial charge >= 0.3 is 0 Å². The molecule has 2 aromatic heterocycles. The number of hydrogen-bond acceptors (Lipinski definition) is 5. The number of benzene rings is 2. The number of rotatable bonds is 4. The largest absolute Gasteiger partial charge is 0.354 e. The molecule has 4 aromatic rings. The number of amides is 1. The first-order chi connectivity index (χ1) is 18.7. The van der Waals surface area contributed by atoms with Crippen LogP contribution in [0.3, 0.4) is 0 Å². The van der Waals surface area contributed by atoms with E-state index in [0.29, 0.717) is 5.91 Å². The summed E-state index contributed by atoms with van der Waals surface area (Å²) in [5.74, 6) is 1.47. The predicted octanol–water partition coefficient (Wildman–Crippen LogP) is 3.46. The fraction of sp³-hybridized carbons (Fsp3) is 0.387. The van der Waals surface area contributed by atoms with Gasteiger partial charge in [-0.1, -0.05) is 60.7 Å². The monoisotopic (exact) mass is 506 g/mol. The summed E-state index contributed by atoms with van der Waals surface area (Å²) in [5.41, 5.74) is 6.00. The van der Waals surface area contributed by atoms with Crippen LogP contribution < -0.4 is 10.2 Å². The second-order valence-electron chi connectivity index (χ2n) is 11.0. The van der Waals surface area contributed by atoms with Gasteiger partial charge in [0.1, 0.15) is 5.82 Å². The summed E-state index contributed by atoms with van der Waals surface area (Å²) in [4.78, 5) is 23.0. The zero-order valence-corrected chi connectivity index (χ0v) is 21.7. The third kappa shape index (κ3) is 3.88. The topological polar surface area (TPSA) is 65.8 Å². The summed E-state index contributed by atoms with van der Waals surface area (Å²) in [5, 5.41) is 8.08. The lowest BCUT2D eigenvalue weighted by atomic mass is 9.68. The number of piperidine rings is 1. The van der Waals surface area contributed by atoms with Gasteiger partial charge in [0.2, 0.25) is 5.91 Å². The Bertz CT molecular complexity index is 1390. The highest BCUT2D eigenvalue weighted by Gasteiger charge is 2.43. The Balaban J connectivity index is 1.08. The van der Waals surface area contributed by atoms with E-state index >= 15 is 0 Å². The molecule has 1 amide bonds. The van der Waals surface area contributed by atoms with E-state index in [4.69, 9.17) is 4.98 Å². The van der Waals surface area contributed by atoms with Crippen molar-refractivity contribution >= 4 is 17.4 Å². The lowest BCUT2D eigenvalue weighted by Gasteiger charge is -2.46. The van der Waals surface area contributed by atoms with E-state index in [1.807, 2.05) is 16.8 Å². The summed E-state index contributed by atoms with van der Waals surface area (Å²) >= 11 is 0. The van der Waals surface area contributed by atoms with Gasteiger partial charge in [0.15, 0.2) is 5.65 Å². The Labute approximate surface area is 223 Å². The molecule has 7 rings (SSSR count). The molecule has 2 saturated heterocycles. The first-order valence-corrected chi connectivity index (χ1v) is 13.9. The maximum Gasteiger partial charge on any atom is 0.229 e. The number of carbonyl (C=O) groups is 1. The van der Waals surface area contributed by atoms with Crippen LogP contribution in [0.1, 0.15) is 35.2 Å². The molecule has 0 atom stereocenters. The van der Waals surface area contributed by atoms with E-state index in [0.717, 1.165) is 76.4 Å². The molecule has 7 heteroatoms. The summed E-state index contributed by atoms with van der Waals surface area (Å²) in [7, 11) is 0. The number of anilines is 1. The zero-order chi connectivity index (χ0) is 25.5. The van der Waals surface area contributed by atoms with Crippen LogP contribution in [0.2, 0.25) is 0 Å². The van der Waals surface area contributed by atoms with Crippen molar-refractivity contribution in [2.45, 2.75) is 31.1 Å². The van der Waals surface area contributed by atoms with E-state index in [1.165, 1.54) is 22.4 Å². The minimum atomic E-state index is -0.0424. The molecule has 0 aliphatic carbocycles. The molecule has 0 unspecified atom stereocenters. The van der Waals surface area contributed by atoms with Gasteiger partial charge in [0, 0.05) is 56.2 Å². The van der Waals surface area contributed by atoms with Gasteiger partial charge in [-0.3, -0.25) is 4.79 Å². The van der Waals surface area contributed by atoms with Crippen LogP contribution in [0.15, 0.2) is 72.9 Å². The average Bonchev–Trinajstić information content (AvgIpc) is 3.29. The van der Waals surface area contributed by atoms with Crippen molar-refractivity contribution in [3.8, 4) is 0 Å². The Hall–Kier alpha value is -3.71. The molecule has 3 aliphatic heterocycles. The van der Waals surface area contributed by atoms with Crippen molar-refractivity contribution in [1.82, 2.24) is 24.8 Å². The van der Waals surface area contributed by atoms with Crippen molar-refractivity contribution in [1.29, 1.82) is 0 Å². The first-order valence-electron chi connectivity index (χ1n) is 13.9. The lowest BCUT2D eigenvalue weighted by molar-refractivity contribution is -0.137. The Morgan fingerprint density at radius 3 is 2.21 bits per heavy atom. The van der Waals surface area contributed by atoms with Gasteiger partial charge in [-0.05, 0) is 36.9 Å². The van der Waals surface area contributed by atoms with Gasteiger partial charge in [-0.2, -0.15) is 9.61 Å². The number of nitrogens with zero attached hydrogens (tertiary/aromatic N) is 5. The molecular weight excluding hydrogens is 472 g/mol. The van der Waals surface area contributed by atoms with Crippen molar-refractivity contribution in [2.24, 2.45) is 5.92 Å². The van der Waals surface area contributed by atoms with Gasteiger partial charge in [-0.15, -0.1) is 0 Å². The highest BCUT2D eigenvalue weighted by molar-refractivity contribution is 5.82. The van der Waals surface area contributed by atoms with Crippen molar-refractivity contribution in [2.75, 3.05) is 44.2 Å². The van der Waals surface area contributed by atoms with Crippen molar-refractivity contribution < 1.29 is 4.79 Å². The van der Waals surface area contributed by atoms with Gasteiger partial charge < -0.3 is 15.1 Å². The summed E-state index contributed by atoms with van der Waals surface area (Å²) < 4.78 is 1.97. The normalized spacial score (nSPS) is 19.6. The smallest absolute Gasteiger partial charge is 0.229 e. The van der Waals surface area contributed by atoms with E-state index in [1.54, 1.807) is 0 Å². The molecule has 2 fully saturated rings. The maximum atomic E-state index is 13.7. The number of likely N-dealkylation sites (tertiary alicyclic amines) is 1. The van der Waals surface area contributed by atoms with Crippen LogP contribution in [-0.2, 0) is 23.1 Å². The van der Waals surface area contributed by atoms with Crippen LogP contribution in [0, 0.1) is 5.92 Å². The van der Waals surface area contributed by atoms with Crippen molar-refractivity contribution in [3.63, 3.8) is 0 Å². The maximum absolute atomic E-state index is 13.7. The van der Waals surface area contributed by atoms with Crippen LogP contribution in [0.5, 0.6) is 0 Å². The third-order valence-corrected chi connectivity index (χ3v) is 8.89. The average molecular weight is 507 g/mol. The minimum absolute atomic E-state index is 0.0364. The zero-order valence-electron chi connectivity index (χ0n) is 21.7. The molecule has 0 bridgehead atoms. The molecule has 7 nitrogen and oxygen atoms in total. The molecule has 5 heterocycles. The highest BCUT2D eigenvalue weighted by Crippen LogP contribution is 2.42. The van der Waals surface area contributed by atoms with Crippen LogP contribution in [-0.4, -0.2) is 64.7 Å². The molecular formula is C31H34N6O. The second kappa shape index (κ2) is 9.55. The number of nitrogens with one attached hydrogen (secondary N) is 1. The molecule has 0 spiro atoms. The molecule has 3 aliphatic rings. The SMILES string of the molecule is O=C(C1CN(c2c3c(nc4ccnn24)CCNCC3)C1)N1CCC(c2ccccc2)(c2ccccc2)CC1. The van der Waals surface area contributed by atoms with E-state index < -0.39 is 0 Å². The Kier molecular flexibility index (Phi) is 5.88. The molecule has 1 N–H and O–H groups in total. The minimum Gasteiger partial charge on any atom is -0.354 e. The third-order valence-electron chi connectivity index (χ3n) is 8.89. The van der Waals surface area contributed by atoms with Crippen LogP contribution >= 0.6 is 0 Å². The quantitative estimate of drug-likeness (QED) is 0.459. The predicted molar refractivity (Wildman–Crippen MR) is 148 cm³/mol. The highest BCUT2D eigenvalue weighted by atomic mass is 16.2. The van der Waals surface area contributed by atoms with Gasteiger partial charge in [-0.25, -0.2) is 4.98 Å². The number of hydrogen-bond donors (Lipinski definition) is 1. The first kappa shape index (κ1) is 23.4. The standard InChI is InChI=1S/C31H34N6O/c38-30(35-19-14-31(15-20-35,24-7-3-1-4-8-24)25-9-5-2-6-10-25)23-21-36(22-23)29-26-11-16-32-17-12-27(26)34-28-13-18-33-37(28)29/h1-10,13,18,23,32H,11-12,14-17,19-22H2. The Morgan fingerprint density at radius 2 is 1.53 bits per heavy atom. The van der Waals surface area contributed by atoms with Crippen LogP contribution in [0.25, 0.3) is 5.65 Å². The van der Waals surface area contributed by atoms with E-state index in [-0.39, 0.29) is 11.3 Å². The second-order valence-corrected chi connectivity index (χ2v) is 11.0. The van der Waals surface area contributed by atoms with E-state index in [9.17, 15) is 4.79 Å². The number of carbonyl (C=O) groups excluding carboxylic acids is 1. The fourth-order valence-electron chi connectivity index (χ4n) is 6.77. The lowest BCUT2D eigenvalue weighted by Crippen LogP contribution is -2.57. The number of fused-ring (bicyclic) bond motifs is 2. The van der Waals surface area contributed by atoms with Crippen LogP contribution in [0.4, 0.5) is 5.82 Å². The summed E-state index contributed by atoms with van der Waals surface area (Å²) in [6, 6.07) is 23.7. The molecule has 194 valence electrons. The molecule has 2 aromatic carbocycles.